The van der Waals surface area contributed by atoms with Crippen molar-refractivity contribution in [2.24, 2.45) is 0 Å². The van der Waals surface area contributed by atoms with Gasteiger partial charge in [0.2, 0.25) is 0 Å². The molecule has 0 bridgehead atoms. The van der Waals surface area contributed by atoms with Gasteiger partial charge in [-0.15, -0.1) is 0 Å². The monoisotopic (exact) mass is 417 g/mol. The maximum absolute atomic E-state index is 13.2. The lowest BCUT2D eigenvalue weighted by molar-refractivity contribution is -0.141. The summed E-state index contributed by atoms with van der Waals surface area (Å²) in [6.45, 7) is 1.72. The highest BCUT2D eigenvalue weighted by Crippen LogP contribution is 2.27. The molecular weight excluding hydrogens is 394 g/mol. The van der Waals surface area contributed by atoms with E-state index in [1.807, 2.05) is 43.3 Å². The van der Waals surface area contributed by atoms with E-state index in [1.54, 1.807) is 12.1 Å². The molecule has 1 aromatic heterocycles. The van der Waals surface area contributed by atoms with E-state index in [4.69, 9.17) is 0 Å². The SMILES string of the molecule is CCCc1cc(=O)n(CC(=O)OC)c(=O)n1Cc1ccccc1-c1ccccc1C#N. The van der Waals surface area contributed by atoms with Crippen LogP contribution in [0.1, 0.15) is 30.2 Å². The van der Waals surface area contributed by atoms with Gasteiger partial charge in [-0.25, -0.2) is 9.36 Å². The fourth-order valence-corrected chi connectivity index (χ4v) is 3.54. The van der Waals surface area contributed by atoms with E-state index in [2.05, 4.69) is 10.8 Å². The lowest BCUT2D eigenvalue weighted by Gasteiger charge is -2.17. The summed E-state index contributed by atoms with van der Waals surface area (Å²) in [7, 11) is 1.21. The second-order valence-corrected chi connectivity index (χ2v) is 7.07. The summed E-state index contributed by atoms with van der Waals surface area (Å²) in [4.78, 5) is 37.4. The normalized spacial score (nSPS) is 10.5. The number of hydrogen-bond acceptors (Lipinski definition) is 5. The van der Waals surface area contributed by atoms with Crippen LogP contribution in [0.4, 0.5) is 0 Å². The Balaban J connectivity index is 2.16. The van der Waals surface area contributed by atoms with Crippen molar-refractivity contribution >= 4 is 5.97 Å². The molecule has 2 aromatic carbocycles. The number of benzene rings is 2. The molecule has 3 aromatic rings. The molecule has 0 aliphatic rings. The van der Waals surface area contributed by atoms with Crippen molar-refractivity contribution in [1.29, 1.82) is 5.26 Å². The van der Waals surface area contributed by atoms with Crippen LogP contribution in [0.25, 0.3) is 11.1 Å². The third kappa shape index (κ3) is 4.64. The van der Waals surface area contributed by atoms with Gasteiger partial charge >= 0.3 is 11.7 Å². The van der Waals surface area contributed by atoms with Crippen LogP contribution in [0, 0.1) is 11.3 Å². The van der Waals surface area contributed by atoms with E-state index in [0.717, 1.165) is 27.7 Å². The summed E-state index contributed by atoms with van der Waals surface area (Å²) < 4.78 is 7.03. The molecule has 0 atom stereocenters. The number of carbonyl (C=O) groups is 1. The molecule has 31 heavy (non-hydrogen) atoms. The van der Waals surface area contributed by atoms with Crippen molar-refractivity contribution < 1.29 is 9.53 Å². The number of aromatic nitrogens is 2. The standard InChI is InChI=1S/C24H23N3O4/c1-3-8-19-13-22(28)27(16-23(29)31-2)24(30)26(19)15-18-10-5-7-12-21(18)20-11-6-4-9-17(20)14-25/h4-7,9-13H,3,8,15-16H2,1-2H3. The molecule has 0 radical (unpaired) electrons. The molecule has 0 aliphatic heterocycles. The van der Waals surface area contributed by atoms with Crippen LogP contribution in [0.15, 0.2) is 64.2 Å². The fourth-order valence-electron chi connectivity index (χ4n) is 3.54. The Labute approximate surface area is 179 Å². The van der Waals surface area contributed by atoms with Gasteiger partial charge in [-0.2, -0.15) is 5.26 Å². The van der Waals surface area contributed by atoms with Gasteiger partial charge in [0.1, 0.15) is 6.54 Å². The van der Waals surface area contributed by atoms with Gasteiger partial charge in [0.05, 0.1) is 25.3 Å². The number of nitrogens with zero attached hydrogens (tertiary/aromatic N) is 3. The number of esters is 1. The van der Waals surface area contributed by atoms with Crippen molar-refractivity contribution in [3.63, 3.8) is 0 Å². The molecule has 0 saturated heterocycles. The zero-order chi connectivity index (χ0) is 22.4. The summed E-state index contributed by atoms with van der Waals surface area (Å²) in [6, 6.07) is 18.4. The Morgan fingerprint density at radius 2 is 1.71 bits per heavy atom. The number of ether oxygens (including phenoxy) is 1. The predicted octanol–water partition coefficient (Wildman–Crippen LogP) is 2.72. The molecule has 3 rings (SSSR count). The van der Waals surface area contributed by atoms with Crippen LogP contribution < -0.4 is 11.2 Å². The molecule has 0 N–H and O–H groups in total. The second kappa shape index (κ2) is 9.72. The molecule has 158 valence electrons. The van der Waals surface area contributed by atoms with Crippen LogP contribution >= 0.6 is 0 Å². The Kier molecular flexibility index (Phi) is 6.83. The fraction of sp³-hybridized carbons (Fsp3) is 0.250. The summed E-state index contributed by atoms with van der Waals surface area (Å²) >= 11 is 0. The van der Waals surface area contributed by atoms with E-state index in [9.17, 15) is 19.6 Å². The number of hydrogen-bond donors (Lipinski definition) is 0. The van der Waals surface area contributed by atoms with Gasteiger partial charge in [-0.1, -0.05) is 55.8 Å². The van der Waals surface area contributed by atoms with Crippen molar-refractivity contribution in [3.8, 4) is 17.2 Å². The average molecular weight is 417 g/mol. The van der Waals surface area contributed by atoms with Gasteiger partial charge in [0.15, 0.2) is 0 Å². The Morgan fingerprint density at radius 3 is 2.39 bits per heavy atom. The minimum Gasteiger partial charge on any atom is -0.468 e. The van der Waals surface area contributed by atoms with E-state index in [1.165, 1.54) is 17.7 Å². The number of rotatable bonds is 7. The minimum absolute atomic E-state index is 0.200. The first-order chi connectivity index (χ1) is 15.0. The average Bonchev–Trinajstić information content (AvgIpc) is 2.79. The van der Waals surface area contributed by atoms with Crippen molar-refractivity contribution in [2.75, 3.05) is 7.11 Å². The van der Waals surface area contributed by atoms with Gasteiger partial charge in [0, 0.05) is 11.8 Å². The van der Waals surface area contributed by atoms with Gasteiger partial charge in [0.25, 0.3) is 5.56 Å². The summed E-state index contributed by atoms with van der Waals surface area (Å²) in [5, 5.41) is 9.51. The first-order valence-corrected chi connectivity index (χ1v) is 9.98. The molecule has 0 saturated carbocycles. The molecule has 7 nitrogen and oxygen atoms in total. The van der Waals surface area contributed by atoms with Crippen LogP contribution in [-0.2, 0) is 29.0 Å². The lowest BCUT2D eigenvalue weighted by Crippen LogP contribution is -2.43. The summed E-state index contributed by atoms with van der Waals surface area (Å²) in [5.74, 6) is -0.669. The molecule has 1 heterocycles. The summed E-state index contributed by atoms with van der Waals surface area (Å²) in [5.41, 5.74) is 2.47. The Hall–Kier alpha value is -3.92. The van der Waals surface area contributed by atoms with E-state index in [-0.39, 0.29) is 6.54 Å². The van der Waals surface area contributed by atoms with Crippen molar-refractivity contribution in [3.05, 3.63) is 92.3 Å². The minimum atomic E-state index is -0.669. The molecule has 0 aliphatic carbocycles. The maximum Gasteiger partial charge on any atom is 0.332 e. The summed E-state index contributed by atoms with van der Waals surface area (Å²) in [6.07, 6.45) is 1.29. The van der Waals surface area contributed by atoms with Crippen LogP contribution in [-0.4, -0.2) is 22.2 Å². The van der Waals surface area contributed by atoms with Crippen molar-refractivity contribution in [2.45, 2.75) is 32.9 Å². The number of carbonyl (C=O) groups excluding carboxylic acids is 1. The smallest absolute Gasteiger partial charge is 0.332 e. The van der Waals surface area contributed by atoms with Gasteiger partial charge < -0.3 is 4.74 Å². The predicted molar refractivity (Wildman–Crippen MR) is 117 cm³/mol. The van der Waals surface area contributed by atoms with E-state index in [0.29, 0.717) is 17.7 Å². The topological polar surface area (TPSA) is 94.1 Å². The third-order valence-electron chi connectivity index (χ3n) is 5.07. The first kappa shape index (κ1) is 21.8. The third-order valence-corrected chi connectivity index (χ3v) is 5.07. The zero-order valence-electron chi connectivity index (χ0n) is 17.5. The lowest BCUT2D eigenvalue weighted by atomic mass is 9.95. The Morgan fingerprint density at radius 1 is 1.03 bits per heavy atom. The highest BCUT2D eigenvalue weighted by atomic mass is 16.5. The van der Waals surface area contributed by atoms with Crippen molar-refractivity contribution in [1.82, 2.24) is 9.13 Å². The molecule has 7 heteroatoms. The largest absolute Gasteiger partial charge is 0.468 e. The highest BCUT2D eigenvalue weighted by Gasteiger charge is 2.16. The highest BCUT2D eigenvalue weighted by molar-refractivity contribution is 5.73. The molecule has 0 amide bonds. The number of aryl methyl sites for hydroxylation is 1. The van der Waals surface area contributed by atoms with Gasteiger partial charge in [-0.05, 0) is 29.2 Å². The van der Waals surface area contributed by atoms with Gasteiger partial charge in [-0.3, -0.25) is 14.2 Å². The quantitative estimate of drug-likeness (QED) is 0.551. The number of methoxy groups -OCH3 is 1. The van der Waals surface area contributed by atoms with Crippen LogP contribution in [0.2, 0.25) is 0 Å². The molecule has 0 unspecified atom stereocenters. The first-order valence-electron chi connectivity index (χ1n) is 9.98. The van der Waals surface area contributed by atoms with Crippen LogP contribution in [0.5, 0.6) is 0 Å². The number of nitriles is 1. The second-order valence-electron chi connectivity index (χ2n) is 7.07. The Bertz CT molecular complexity index is 1260. The molecular formula is C24H23N3O4. The molecule has 0 spiro atoms. The zero-order valence-corrected chi connectivity index (χ0v) is 17.5. The van der Waals surface area contributed by atoms with E-state index >= 15 is 0 Å². The van der Waals surface area contributed by atoms with Crippen LogP contribution in [0.3, 0.4) is 0 Å². The van der Waals surface area contributed by atoms with E-state index < -0.39 is 23.8 Å². The maximum atomic E-state index is 13.2. The molecule has 0 fully saturated rings.